The van der Waals surface area contributed by atoms with Crippen LogP contribution in [0.25, 0.3) is 66.1 Å². The van der Waals surface area contributed by atoms with Crippen LogP contribution >= 0.6 is 0 Å². The van der Waals surface area contributed by atoms with E-state index in [2.05, 4.69) is 111 Å². The van der Waals surface area contributed by atoms with E-state index >= 15 is 0 Å². The lowest BCUT2D eigenvalue weighted by Crippen LogP contribution is -1.79. The standard InChI is InChI=1S/C32H22O2/c1-19-5-3-7-21(15-19)23-9-11-25-27-13-14-28-26-12-10-24(22-8-4-6-20(2)16-22)18-30(26)34-32(28)31(27)33-29(25)17-23/h3-18H,1-2H3. The molecule has 0 aliphatic carbocycles. The summed E-state index contributed by atoms with van der Waals surface area (Å²) in [6.45, 7) is 4.23. The Morgan fingerprint density at radius 1 is 0.412 bits per heavy atom. The summed E-state index contributed by atoms with van der Waals surface area (Å²) in [5, 5.41) is 4.37. The van der Waals surface area contributed by atoms with Crippen molar-refractivity contribution in [2.24, 2.45) is 0 Å². The molecule has 0 aliphatic heterocycles. The second-order valence-corrected chi connectivity index (χ2v) is 9.18. The lowest BCUT2D eigenvalue weighted by atomic mass is 10.0. The smallest absolute Gasteiger partial charge is 0.178 e. The number of fused-ring (bicyclic) bond motifs is 7. The molecule has 0 aliphatic rings. The number of hydrogen-bond acceptors (Lipinski definition) is 2. The summed E-state index contributed by atoms with van der Waals surface area (Å²) in [5.74, 6) is 0. The molecule has 7 rings (SSSR count). The molecule has 0 fully saturated rings. The van der Waals surface area contributed by atoms with Gasteiger partial charge in [0.1, 0.15) is 11.2 Å². The van der Waals surface area contributed by atoms with Gasteiger partial charge in [-0.05, 0) is 72.5 Å². The molecule has 2 aromatic heterocycles. The van der Waals surface area contributed by atoms with Crippen molar-refractivity contribution in [1.29, 1.82) is 0 Å². The number of furan rings is 2. The molecule has 2 heteroatoms. The van der Waals surface area contributed by atoms with Crippen LogP contribution < -0.4 is 0 Å². The van der Waals surface area contributed by atoms with Gasteiger partial charge in [0, 0.05) is 21.5 Å². The van der Waals surface area contributed by atoms with E-state index in [-0.39, 0.29) is 0 Å². The molecule has 5 aromatic carbocycles. The van der Waals surface area contributed by atoms with Crippen LogP contribution in [0, 0.1) is 13.8 Å². The largest absolute Gasteiger partial charge is 0.452 e. The van der Waals surface area contributed by atoms with Crippen molar-refractivity contribution in [3.63, 3.8) is 0 Å². The van der Waals surface area contributed by atoms with E-state index in [1.54, 1.807) is 0 Å². The monoisotopic (exact) mass is 438 g/mol. The fourth-order valence-electron chi connectivity index (χ4n) is 5.08. The van der Waals surface area contributed by atoms with Crippen molar-refractivity contribution in [3.05, 3.63) is 108 Å². The van der Waals surface area contributed by atoms with Gasteiger partial charge in [0.15, 0.2) is 11.2 Å². The van der Waals surface area contributed by atoms with Crippen molar-refractivity contribution in [1.82, 2.24) is 0 Å². The quantitative estimate of drug-likeness (QED) is 0.269. The Bertz CT molecular complexity index is 1740. The Morgan fingerprint density at radius 2 is 0.824 bits per heavy atom. The summed E-state index contributed by atoms with van der Waals surface area (Å²) in [6, 6.07) is 34.3. The highest BCUT2D eigenvalue weighted by Gasteiger charge is 2.17. The Labute approximate surface area is 197 Å². The first-order valence-electron chi connectivity index (χ1n) is 11.6. The molecule has 0 bridgehead atoms. The molecule has 0 unspecified atom stereocenters. The summed E-state index contributed by atoms with van der Waals surface area (Å²) in [5.41, 5.74) is 10.6. The van der Waals surface area contributed by atoms with Crippen LogP contribution in [-0.4, -0.2) is 0 Å². The molecule has 0 amide bonds. The molecule has 0 radical (unpaired) electrons. The first-order chi connectivity index (χ1) is 16.6. The van der Waals surface area contributed by atoms with Gasteiger partial charge in [-0.15, -0.1) is 0 Å². The SMILES string of the molecule is Cc1cccc(-c2ccc3c(c2)oc2c3ccc3c4ccc(-c5cccc(C)c5)cc4oc32)c1. The molecule has 0 N–H and O–H groups in total. The summed E-state index contributed by atoms with van der Waals surface area (Å²) >= 11 is 0. The maximum absolute atomic E-state index is 6.42. The second-order valence-electron chi connectivity index (χ2n) is 9.18. The number of hydrogen-bond donors (Lipinski definition) is 0. The van der Waals surface area contributed by atoms with E-state index < -0.39 is 0 Å². The molecule has 0 saturated carbocycles. The minimum atomic E-state index is 0.808. The van der Waals surface area contributed by atoms with Crippen molar-refractivity contribution in [2.45, 2.75) is 13.8 Å². The average molecular weight is 439 g/mol. The Hall–Kier alpha value is -4.30. The first kappa shape index (κ1) is 19.2. The van der Waals surface area contributed by atoms with Crippen molar-refractivity contribution >= 4 is 43.9 Å². The zero-order valence-electron chi connectivity index (χ0n) is 19.1. The normalized spacial score (nSPS) is 11.8. The summed E-state index contributed by atoms with van der Waals surface area (Å²) < 4.78 is 12.8. The van der Waals surface area contributed by atoms with Crippen LogP contribution in [0.2, 0.25) is 0 Å². The molecule has 34 heavy (non-hydrogen) atoms. The van der Waals surface area contributed by atoms with Crippen LogP contribution in [0.1, 0.15) is 11.1 Å². The molecule has 2 nitrogen and oxygen atoms in total. The molecule has 0 atom stereocenters. The first-order valence-corrected chi connectivity index (χ1v) is 11.6. The molecule has 2 heterocycles. The molecule has 162 valence electrons. The average Bonchev–Trinajstić information content (AvgIpc) is 3.41. The van der Waals surface area contributed by atoms with Crippen LogP contribution in [0.3, 0.4) is 0 Å². The van der Waals surface area contributed by atoms with Gasteiger partial charge >= 0.3 is 0 Å². The highest BCUT2D eigenvalue weighted by atomic mass is 16.4. The van der Waals surface area contributed by atoms with Gasteiger partial charge in [0.25, 0.3) is 0 Å². The fraction of sp³-hybridized carbons (Fsp3) is 0.0625. The summed E-state index contributed by atoms with van der Waals surface area (Å²) in [4.78, 5) is 0. The molecule has 0 saturated heterocycles. The minimum Gasteiger partial charge on any atom is -0.452 e. The lowest BCUT2D eigenvalue weighted by Gasteiger charge is -2.02. The zero-order valence-corrected chi connectivity index (χ0v) is 19.1. The zero-order chi connectivity index (χ0) is 22.8. The van der Waals surface area contributed by atoms with Gasteiger partial charge in [-0.1, -0.05) is 71.8 Å². The van der Waals surface area contributed by atoms with Crippen molar-refractivity contribution in [3.8, 4) is 22.3 Å². The number of aryl methyl sites for hydroxylation is 2. The minimum absolute atomic E-state index is 0.808. The third-order valence-corrected chi connectivity index (χ3v) is 6.78. The van der Waals surface area contributed by atoms with Gasteiger partial charge in [-0.25, -0.2) is 0 Å². The highest BCUT2D eigenvalue weighted by molar-refractivity contribution is 6.19. The molecule has 7 aromatic rings. The van der Waals surface area contributed by atoms with Gasteiger partial charge in [0.05, 0.1) is 0 Å². The predicted molar refractivity (Wildman–Crippen MR) is 141 cm³/mol. The number of benzene rings is 5. The van der Waals surface area contributed by atoms with Crippen molar-refractivity contribution in [2.75, 3.05) is 0 Å². The van der Waals surface area contributed by atoms with E-state index in [1.807, 2.05) is 0 Å². The predicted octanol–water partition coefficient (Wildman–Crippen LogP) is 9.44. The molecule has 0 spiro atoms. The number of rotatable bonds is 2. The maximum Gasteiger partial charge on any atom is 0.178 e. The van der Waals surface area contributed by atoms with Crippen LogP contribution in [0.5, 0.6) is 0 Å². The summed E-state index contributed by atoms with van der Waals surface area (Å²) in [6.07, 6.45) is 0. The van der Waals surface area contributed by atoms with Gasteiger partial charge in [-0.3, -0.25) is 0 Å². The van der Waals surface area contributed by atoms with E-state index in [4.69, 9.17) is 8.83 Å². The van der Waals surface area contributed by atoms with E-state index in [0.717, 1.165) is 55.0 Å². The third kappa shape index (κ3) is 2.89. The third-order valence-electron chi connectivity index (χ3n) is 6.78. The maximum atomic E-state index is 6.42. The highest BCUT2D eigenvalue weighted by Crippen LogP contribution is 2.40. The van der Waals surface area contributed by atoms with E-state index in [9.17, 15) is 0 Å². The van der Waals surface area contributed by atoms with Crippen LogP contribution in [-0.2, 0) is 0 Å². The van der Waals surface area contributed by atoms with E-state index in [1.165, 1.54) is 22.3 Å². The Kier molecular flexibility index (Phi) is 4.01. The molecular formula is C32H22O2. The van der Waals surface area contributed by atoms with Gasteiger partial charge < -0.3 is 8.83 Å². The second kappa shape index (κ2) is 7.10. The van der Waals surface area contributed by atoms with Crippen LogP contribution in [0.15, 0.2) is 106 Å². The summed E-state index contributed by atoms with van der Waals surface area (Å²) in [7, 11) is 0. The van der Waals surface area contributed by atoms with Crippen LogP contribution in [0.4, 0.5) is 0 Å². The van der Waals surface area contributed by atoms with Gasteiger partial charge in [-0.2, -0.15) is 0 Å². The Balaban J connectivity index is 1.43. The van der Waals surface area contributed by atoms with E-state index in [0.29, 0.717) is 0 Å². The Morgan fingerprint density at radius 3 is 1.26 bits per heavy atom. The fourth-order valence-corrected chi connectivity index (χ4v) is 5.08. The lowest BCUT2D eigenvalue weighted by molar-refractivity contribution is 0.633. The topological polar surface area (TPSA) is 26.3 Å². The molecular weight excluding hydrogens is 416 g/mol. The van der Waals surface area contributed by atoms with Gasteiger partial charge in [0.2, 0.25) is 0 Å². The van der Waals surface area contributed by atoms with Crippen molar-refractivity contribution < 1.29 is 8.83 Å².